The summed E-state index contributed by atoms with van der Waals surface area (Å²) in [5.74, 6) is 0.134. The van der Waals surface area contributed by atoms with Crippen LogP contribution < -0.4 is 5.14 Å². The Morgan fingerprint density at radius 1 is 1.53 bits per heavy atom. The highest BCUT2D eigenvalue weighted by Gasteiger charge is 2.15. The number of nitrogens with zero attached hydrogens (tertiary/aromatic N) is 2. The van der Waals surface area contributed by atoms with Gasteiger partial charge in [0, 0.05) is 25.4 Å². The first-order valence-corrected chi connectivity index (χ1v) is 7.51. The lowest BCUT2D eigenvalue weighted by molar-refractivity contribution is -0.132. The number of carbonyl (C=O) groups is 1. The molecule has 1 rings (SSSR count). The van der Waals surface area contributed by atoms with Crippen LogP contribution in [0.2, 0.25) is 0 Å². The summed E-state index contributed by atoms with van der Waals surface area (Å²) in [4.78, 5) is 20.2. The van der Waals surface area contributed by atoms with Gasteiger partial charge in [0.05, 0.1) is 18.9 Å². The van der Waals surface area contributed by atoms with E-state index in [4.69, 9.17) is 10.2 Å². The first kappa shape index (κ1) is 15.6. The summed E-state index contributed by atoms with van der Waals surface area (Å²) in [6.45, 7) is 0.262. The highest BCUT2D eigenvalue weighted by molar-refractivity contribution is 7.89. The zero-order chi connectivity index (χ0) is 14.3. The van der Waals surface area contributed by atoms with Crippen LogP contribution in [-0.2, 0) is 21.4 Å². The van der Waals surface area contributed by atoms with E-state index in [-0.39, 0.29) is 44.2 Å². The Bertz CT molecular complexity index is 486. The minimum atomic E-state index is -3.55. The fourth-order valence-electron chi connectivity index (χ4n) is 1.56. The molecule has 1 aromatic rings. The second kappa shape index (κ2) is 7.22. The zero-order valence-corrected chi connectivity index (χ0v) is 11.3. The molecule has 0 bridgehead atoms. The number of aliphatic hydroxyl groups excluding tert-OH is 1. The van der Waals surface area contributed by atoms with Crippen LogP contribution >= 0.6 is 0 Å². The fourth-order valence-corrected chi connectivity index (χ4v) is 2.11. The van der Waals surface area contributed by atoms with Gasteiger partial charge in [0.2, 0.25) is 15.9 Å². The van der Waals surface area contributed by atoms with Crippen LogP contribution in [0.15, 0.2) is 12.4 Å². The summed E-state index contributed by atoms with van der Waals surface area (Å²) in [7, 11) is -3.55. The summed E-state index contributed by atoms with van der Waals surface area (Å²) < 4.78 is 21.5. The number of sulfonamides is 1. The maximum Gasteiger partial charge on any atom is 0.223 e. The monoisotopic (exact) mass is 290 g/mol. The van der Waals surface area contributed by atoms with E-state index in [2.05, 4.69) is 9.97 Å². The number of nitrogens with one attached hydrogen (secondary N) is 1. The van der Waals surface area contributed by atoms with Gasteiger partial charge >= 0.3 is 0 Å². The van der Waals surface area contributed by atoms with Crippen LogP contribution in [0.5, 0.6) is 0 Å². The number of hydrogen-bond acceptors (Lipinski definition) is 5. The van der Waals surface area contributed by atoms with Crippen molar-refractivity contribution in [3.8, 4) is 0 Å². The molecule has 1 amide bonds. The second-order valence-electron chi connectivity index (χ2n) is 4.05. The van der Waals surface area contributed by atoms with Gasteiger partial charge in [-0.3, -0.25) is 4.79 Å². The third-order valence-corrected chi connectivity index (χ3v) is 3.30. The lowest BCUT2D eigenvalue weighted by Gasteiger charge is -2.20. The molecule has 0 atom stereocenters. The highest BCUT2D eigenvalue weighted by atomic mass is 32.2. The predicted molar refractivity (Wildman–Crippen MR) is 68.3 cm³/mol. The van der Waals surface area contributed by atoms with Crippen molar-refractivity contribution in [3.63, 3.8) is 0 Å². The Hall–Kier alpha value is -1.45. The number of imidazole rings is 1. The molecule has 1 heterocycles. The first-order chi connectivity index (χ1) is 8.92. The number of primary sulfonamides is 1. The Labute approximate surface area is 111 Å². The van der Waals surface area contributed by atoms with Crippen LogP contribution in [0.3, 0.4) is 0 Å². The van der Waals surface area contributed by atoms with Crippen molar-refractivity contribution in [2.24, 2.45) is 5.14 Å². The lowest BCUT2D eigenvalue weighted by atomic mass is 10.3. The average molecular weight is 290 g/mol. The van der Waals surface area contributed by atoms with Gasteiger partial charge in [0.25, 0.3) is 0 Å². The largest absolute Gasteiger partial charge is 0.395 e. The number of amides is 1. The van der Waals surface area contributed by atoms with E-state index >= 15 is 0 Å². The lowest BCUT2D eigenvalue weighted by Crippen LogP contribution is -2.33. The molecule has 0 aliphatic carbocycles. The van der Waals surface area contributed by atoms with E-state index in [1.54, 1.807) is 12.4 Å². The summed E-state index contributed by atoms with van der Waals surface area (Å²) >= 11 is 0. The maximum atomic E-state index is 11.9. The molecule has 0 spiro atoms. The number of carbonyl (C=O) groups excluding carboxylic acids is 1. The van der Waals surface area contributed by atoms with E-state index in [9.17, 15) is 13.2 Å². The minimum Gasteiger partial charge on any atom is -0.395 e. The molecule has 0 fully saturated rings. The van der Waals surface area contributed by atoms with E-state index in [0.29, 0.717) is 5.82 Å². The molecule has 1 aromatic heterocycles. The molecule has 108 valence electrons. The Morgan fingerprint density at radius 3 is 2.79 bits per heavy atom. The van der Waals surface area contributed by atoms with E-state index < -0.39 is 10.0 Å². The van der Waals surface area contributed by atoms with Gasteiger partial charge < -0.3 is 15.0 Å². The van der Waals surface area contributed by atoms with Gasteiger partial charge in [-0.25, -0.2) is 18.5 Å². The smallest absolute Gasteiger partial charge is 0.223 e. The summed E-state index contributed by atoms with van der Waals surface area (Å²) in [5.41, 5.74) is 0. The highest BCUT2D eigenvalue weighted by Crippen LogP contribution is 2.04. The molecule has 19 heavy (non-hydrogen) atoms. The predicted octanol–water partition coefficient (Wildman–Crippen LogP) is -1.20. The maximum absolute atomic E-state index is 11.9. The van der Waals surface area contributed by atoms with Gasteiger partial charge in [-0.15, -0.1) is 0 Å². The first-order valence-electron chi connectivity index (χ1n) is 5.80. The topological polar surface area (TPSA) is 129 Å². The number of nitrogens with two attached hydrogens (primary N) is 1. The number of aromatic amines is 1. The van der Waals surface area contributed by atoms with Gasteiger partial charge in [-0.2, -0.15) is 0 Å². The molecule has 0 unspecified atom stereocenters. The van der Waals surface area contributed by atoms with Crippen LogP contribution in [0.25, 0.3) is 0 Å². The Kier molecular flexibility index (Phi) is 5.93. The number of rotatable bonds is 8. The zero-order valence-electron chi connectivity index (χ0n) is 10.4. The normalized spacial score (nSPS) is 11.5. The molecule has 0 aliphatic rings. The Balaban J connectivity index is 2.48. The average Bonchev–Trinajstić information content (AvgIpc) is 2.79. The van der Waals surface area contributed by atoms with Crippen LogP contribution in [0, 0.1) is 0 Å². The molecule has 9 heteroatoms. The van der Waals surface area contributed by atoms with Gasteiger partial charge in [0.15, 0.2) is 0 Å². The van der Waals surface area contributed by atoms with E-state index in [0.717, 1.165) is 0 Å². The van der Waals surface area contributed by atoms with Crippen molar-refractivity contribution < 1.29 is 18.3 Å². The van der Waals surface area contributed by atoms with Crippen molar-refractivity contribution in [3.05, 3.63) is 18.2 Å². The Morgan fingerprint density at radius 2 is 2.26 bits per heavy atom. The van der Waals surface area contributed by atoms with Gasteiger partial charge in [-0.05, 0) is 6.42 Å². The van der Waals surface area contributed by atoms with Gasteiger partial charge in [-0.1, -0.05) is 0 Å². The fraction of sp³-hybridized carbons (Fsp3) is 0.600. The molecular weight excluding hydrogens is 272 g/mol. The van der Waals surface area contributed by atoms with E-state index in [1.807, 2.05) is 0 Å². The van der Waals surface area contributed by atoms with Crippen molar-refractivity contribution in [2.45, 2.75) is 19.4 Å². The molecule has 0 radical (unpaired) electrons. The van der Waals surface area contributed by atoms with Gasteiger partial charge in [0.1, 0.15) is 5.82 Å². The summed E-state index contributed by atoms with van der Waals surface area (Å²) in [6.07, 6.45) is 3.44. The van der Waals surface area contributed by atoms with E-state index in [1.165, 1.54) is 4.90 Å². The quantitative estimate of drug-likeness (QED) is 0.553. The standard InChI is InChI=1S/C10H18N4O4S/c11-19(17,18)7-1-2-10(16)14(5-6-15)8-9-12-3-4-13-9/h3-4,15H,1-2,5-8H2,(H,12,13)(H2,11,17,18). The summed E-state index contributed by atoms with van der Waals surface area (Å²) in [6, 6.07) is 0. The van der Waals surface area contributed by atoms with Crippen LogP contribution in [0.1, 0.15) is 18.7 Å². The SMILES string of the molecule is NS(=O)(=O)CCCC(=O)N(CCO)Cc1ncc[nH]1. The van der Waals surface area contributed by atoms with Crippen molar-refractivity contribution in [1.29, 1.82) is 0 Å². The number of aromatic nitrogens is 2. The number of aliphatic hydroxyl groups is 1. The molecule has 4 N–H and O–H groups in total. The number of hydrogen-bond donors (Lipinski definition) is 3. The third-order valence-electron chi connectivity index (χ3n) is 2.44. The molecule has 0 saturated heterocycles. The molecule has 0 aromatic carbocycles. The molecule has 0 saturated carbocycles. The second-order valence-corrected chi connectivity index (χ2v) is 5.78. The number of H-pyrrole nitrogens is 1. The van der Waals surface area contributed by atoms with Crippen molar-refractivity contribution in [1.82, 2.24) is 14.9 Å². The summed E-state index contributed by atoms with van der Waals surface area (Å²) in [5, 5.41) is 13.8. The van der Waals surface area contributed by atoms with Crippen molar-refractivity contribution >= 4 is 15.9 Å². The van der Waals surface area contributed by atoms with Crippen LogP contribution in [0.4, 0.5) is 0 Å². The third kappa shape index (κ3) is 6.32. The van der Waals surface area contributed by atoms with Crippen LogP contribution in [-0.4, -0.2) is 53.2 Å². The molecule has 8 nitrogen and oxygen atoms in total. The molecular formula is C10H18N4O4S. The molecule has 0 aliphatic heterocycles. The van der Waals surface area contributed by atoms with Crippen molar-refractivity contribution in [2.75, 3.05) is 18.9 Å². The minimum absolute atomic E-state index is 0.0666.